The number of benzene rings is 1. The summed E-state index contributed by atoms with van der Waals surface area (Å²) >= 11 is 6.83. The highest BCUT2D eigenvalue weighted by molar-refractivity contribution is 8.23. The lowest BCUT2D eigenvalue weighted by molar-refractivity contribution is -0.0509. The molecule has 0 radical (unpaired) electrons. The lowest BCUT2D eigenvalue weighted by atomic mass is 10.0. The fourth-order valence-corrected chi connectivity index (χ4v) is 3.72. The normalized spacial score (nSPS) is 21.8. The molecule has 2 heterocycles. The molecule has 1 unspecified atom stereocenters. The molecule has 1 aliphatic rings. The molecule has 2 N–H and O–H groups in total. The van der Waals surface area contributed by atoms with Gasteiger partial charge in [-0.05, 0) is 23.8 Å². The Kier molecular flexibility index (Phi) is 3.84. The van der Waals surface area contributed by atoms with Crippen molar-refractivity contribution in [2.75, 3.05) is 5.75 Å². The Labute approximate surface area is 132 Å². The van der Waals surface area contributed by atoms with E-state index in [9.17, 15) is 10.2 Å². The van der Waals surface area contributed by atoms with Gasteiger partial charge in [0.15, 0.2) is 5.72 Å². The number of nitrogens with zero attached hydrogens (tertiary/aromatic N) is 2. The van der Waals surface area contributed by atoms with Gasteiger partial charge in [-0.1, -0.05) is 42.2 Å². The molecule has 0 bridgehead atoms. The molecule has 0 amide bonds. The smallest absolute Gasteiger partial charge is 0.175 e. The van der Waals surface area contributed by atoms with E-state index in [4.69, 9.17) is 12.2 Å². The zero-order chi connectivity index (χ0) is 14.9. The predicted molar refractivity (Wildman–Crippen MR) is 86.8 cm³/mol. The highest BCUT2D eigenvalue weighted by Crippen LogP contribution is 2.40. The second kappa shape index (κ2) is 5.63. The van der Waals surface area contributed by atoms with Crippen molar-refractivity contribution in [1.29, 1.82) is 0 Å². The maximum absolute atomic E-state index is 11.1. The van der Waals surface area contributed by atoms with Crippen LogP contribution < -0.4 is 0 Å². The van der Waals surface area contributed by atoms with Crippen LogP contribution in [0.15, 0.2) is 48.8 Å². The van der Waals surface area contributed by atoms with Crippen molar-refractivity contribution in [3.8, 4) is 5.75 Å². The Balaban J connectivity index is 1.93. The summed E-state index contributed by atoms with van der Waals surface area (Å²) in [5.41, 5.74) is 0.543. The van der Waals surface area contributed by atoms with E-state index in [0.29, 0.717) is 16.6 Å². The lowest BCUT2D eigenvalue weighted by Gasteiger charge is -2.34. The highest BCUT2D eigenvalue weighted by atomic mass is 32.2. The second-order valence-electron chi connectivity index (χ2n) is 4.87. The van der Waals surface area contributed by atoms with E-state index in [0.717, 1.165) is 11.1 Å². The Morgan fingerprint density at radius 2 is 2.05 bits per heavy atom. The van der Waals surface area contributed by atoms with Crippen LogP contribution in [0.4, 0.5) is 0 Å². The molecule has 1 aliphatic heterocycles. The van der Waals surface area contributed by atoms with Crippen LogP contribution in [0, 0.1) is 0 Å². The number of pyridine rings is 1. The number of aromatic nitrogens is 1. The first-order valence-electron chi connectivity index (χ1n) is 6.45. The molecule has 1 saturated heterocycles. The minimum atomic E-state index is -1.16. The summed E-state index contributed by atoms with van der Waals surface area (Å²) in [7, 11) is 0. The number of rotatable bonds is 3. The van der Waals surface area contributed by atoms with Crippen LogP contribution in [0.25, 0.3) is 0 Å². The third kappa shape index (κ3) is 2.74. The van der Waals surface area contributed by atoms with E-state index in [-0.39, 0.29) is 5.75 Å². The SMILES string of the molecule is Oc1ccc(C2(O)CSC(=S)N2Cc2cccnc2)cc1. The fraction of sp³-hybridized carbons (Fsp3) is 0.200. The summed E-state index contributed by atoms with van der Waals surface area (Å²) in [6.07, 6.45) is 3.48. The second-order valence-corrected chi connectivity index (χ2v) is 6.47. The van der Waals surface area contributed by atoms with Crippen LogP contribution in [0.5, 0.6) is 5.75 Å². The summed E-state index contributed by atoms with van der Waals surface area (Å²) in [6.45, 7) is 0.497. The van der Waals surface area contributed by atoms with Gasteiger partial charge in [0.25, 0.3) is 0 Å². The van der Waals surface area contributed by atoms with E-state index in [1.54, 1.807) is 41.6 Å². The van der Waals surface area contributed by atoms with Gasteiger partial charge < -0.3 is 15.1 Å². The third-order valence-electron chi connectivity index (χ3n) is 3.46. The number of aromatic hydroxyl groups is 1. The van der Waals surface area contributed by atoms with Crippen LogP contribution in [0.1, 0.15) is 11.1 Å². The molecule has 2 aromatic rings. The van der Waals surface area contributed by atoms with Gasteiger partial charge in [0.05, 0.1) is 5.75 Å². The highest BCUT2D eigenvalue weighted by Gasteiger charge is 2.43. The molecule has 0 aliphatic carbocycles. The van der Waals surface area contributed by atoms with Crippen molar-refractivity contribution >= 4 is 28.3 Å². The van der Waals surface area contributed by atoms with Gasteiger partial charge in [-0.2, -0.15) is 0 Å². The van der Waals surface area contributed by atoms with E-state index >= 15 is 0 Å². The molecule has 108 valence electrons. The standard InChI is InChI=1S/C15H14N2O2S2/c18-13-5-3-12(4-6-13)15(19)10-21-14(20)17(15)9-11-2-1-7-16-8-11/h1-8,18-19H,9-10H2. The number of hydrogen-bond donors (Lipinski definition) is 2. The van der Waals surface area contributed by atoms with E-state index < -0.39 is 5.72 Å². The van der Waals surface area contributed by atoms with Crippen molar-refractivity contribution in [1.82, 2.24) is 9.88 Å². The minimum absolute atomic E-state index is 0.175. The first-order chi connectivity index (χ1) is 10.1. The average molecular weight is 318 g/mol. The van der Waals surface area contributed by atoms with Gasteiger partial charge in [-0.3, -0.25) is 4.98 Å². The summed E-state index contributed by atoms with van der Waals surface area (Å²) in [6, 6.07) is 10.4. The largest absolute Gasteiger partial charge is 0.508 e. The van der Waals surface area contributed by atoms with Gasteiger partial charge in [0.2, 0.25) is 0 Å². The summed E-state index contributed by atoms with van der Waals surface area (Å²) in [5.74, 6) is 0.644. The monoisotopic (exact) mass is 318 g/mol. The van der Waals surface area contributed by atoms with E-state index in [1.807, 2.05) is 12.1 Å². The van der Waals surface area contributed by atoms with Crippen LogP contribution in [0.2, 0.25) is 0 Å². The van der Waals surface area contributed by atoms with Crippen molar-refractivity contribution in [2.24, 2.45) is 0 Å². The molecule has 3 rings (SSSR count). The van der Waals surface area contributed by atoms with Gasteiger partial charge in [-0.15, -0.1) is 0 Å². The number of phenolic OH excluding ortho intramolecular Hbond substituents is 1. The Hall–Kier alpha value is -1.63. The van der Waals surface area contributed by atoms with E-state index in [1.165, 1.54) is 11.8 Å². The molecule has 4 nitrogen and oxygen atoms in total. The number of hydrogen-bond acceptors (Lipinski definition) is 5. The van der Waals surface area contributed by atoms with Crippen LogP contribution >= 0.6 is 24.0 Å². The Bertz CT molecular complexity index is 648. The first-order valence-corrected chi connectivity index (χ1v) is 7.84. The van der Waals surface area contributed by atoms with E-state index in [2.05, 4.69) is 4.98 Å². The average Bonchev–Trinajstić information content (AvgIpc) is 2.78. The molecule has 6 heteroatoms. The maximum atomic E-state index is 11.1. The molecule has 1 fully saturated rings. The van der Waals surface area contributed by atoms with Gasteiger partial charge in [-0.25, -0.2) is 0 Å². The molecular formula is C15H14N2O2S2. The number of thiocarbonyl (C=S) groups is 1. The molecule has 0 saturated carbocycles. The van der Waals surface area contributed by atoms with Crippen molar-refractivity contribution in [3.63, 3.8) is 0 Å². The number of aliphatic hydroxyl groups is 1. The quantitative estimate of drug-likeness (QED) is 0.848. The van der Waals surface area contributed by atoms with Gasteiger partial charge in [0, 0.05) is 24.5 Å². The summed E-state index contributed by atoms with van der Waals surface area (Å²) in [4.78, 5) is 5.89. The fourth-order valence-electron chi connectivity index (χ4n) is 2.31. The maximum Gasteiger partial charge on any atom is 0.175 e. The molecular weight excluding hydrogens is 304 g/mol. The van der Waals surface area contributed by atoms with Crippen molar-refractivity contribution in [3.05, 3.63) is 59.9 Å². The van der Waals surface area contributed by atoms with Crippen molar-refractivity contribution < 1.29 is 10.2 Å². The number of phenols is 1. The molecule has 1 aromatic heterocycles. The predicted octanol–water partition coefficient (Wildman–Crippen LogP) is 2.47. The third-order valence-corrected chi connectivity index (χ3v) is 5.05. The molecule has 21 heavy (non-hydrogen) atoms. The minimum Gasteiger partial charge on any atom is -0.508 e. The topological polar surface area (TPSA) is 56.6 Å². The summed E-state index contributed by atoms with van der Waals surface area (Å²) in [5, 5.41) is 20.5. The summed E-state index contributed by atoms with van der Waals surface area (Å²) < 4.78 is 0.662. The van der Waals surface area contributed by atoms with Gasteiger partial charge >= 0.3 is 0 Å². The van der Waals surface area contributed by atoms with Crippen LogP contribution in [-0.2, 0) is 12.3 Å². The Morgan fingerprint density at radius 3 is 2.71 bits per heavy atom. The Morgan fingerprint density at radius 1 is 1.29 bits per heavy atom. The zero-order valence-corrected chi connectivity index (χ0v) is 12.8. The van der Waals surface area contributed by atoms with Crippen LogP contribution in [0.3, 0.4) is 0 Å². The van der Waals surface area contributed by atoms with Crippen LogP contribution in [-0.4, -0.2) is 30.2 Å². The lowest BCUT2D eigenvalue weighted by Crippen LogP contribution is -2.44. The molecule has 1 atom stereocenters. The zero-order valence-electron chi connectivity index (χ0n) is 11.1. The van der Waals surface area contributed by atoms with Crippen molar-refractivity contribution in [2.45, 2.75) is 12.3 Å². The first kappa shape index (κ1) is 14.3. The molecule has 0 spiro atoms. The van der Waals surface area contributed by atoms with Gasteiger partial charge in [0.1, 0.15) is 10.1 Å². The molecule has 1 aromatic carbocycles. The number of thioether (sulfide) groups is 1.